The molecule has 2 aromatic rings. The minimum absolute atomic E-state index is 0.0596. The molecule has 6 nitrogen and oxygen atoms in total. The predicted molar refractivity (Wildman–Crippen MR) is 92.6 cm³/mol. The van der Waals surface area contributed by atoms with Crippen LogP contribution in [0.25, 0.3) is 0 Å². The molecular weight excluding hydrogens is 308 g/mol. The maximum atomic E-state index is 10.9. The van der Waals surface area contributed by atoms with Gasteiger partial charge in [-0.15, -0.1) is 0 Å². The largest absolute Gasteiger partial charge is 0.497 e. The van der Waals surface area contributed by atoms with E-state index in [1.165, 1.54) is 6.07 Å². The first kappa shape index (κ1) is 17.7. The Kier molecular flexibility index (Phi) is 6.14. The Morgan fingerprint density at radius 3 is 2.46 bits per heavy atom. The normalized spacial score (nSPS) is 12.0. The summed E-state index contributed by atoms with van der Waals surface area (Å²) >= 11 is 0. The molecule has 1 atom stereocenters. The van der Waals surface area contributed by atoms with Gasteiger partial charge < -0.3 is 9.47 Å². The molecule has 0 radical (unpaired) electrons. The molecule has 0 N–H and O–H groups in total. The molecule has 0 saturated carbocycles. The molecule has 24 heavy (non-hydrogen) atoms. The summed E-state index contributed by atoms with van der Waals surface area (Å²) in [4.78, 5) is 12.6. The van der Waals surface area contributed by atoms with Crippen LogP contribution in [0.2, 0.25) is 0 Å². The topological polar surface area (TPSA) is 64.8 Å². The smallest absolute Gasteiger partial charge is 0.269 e. The summed E-state index contributed by atoms with van der Waals surface area (Å²) in [7, 11) is 3.60. The van der Waals surface area contributed by atoms with Crippen molar-refractivity contribution in [3.05, 3.63) is 64.2 Å². The highest BCUT2D eigenvalue weighted by Crippen LogP contribution is 2.23. The molecule has 0 fully saturated rings. The summed E-state index contributed by atoms with van der Waals surface area (Å²) in [6.45, 7) is 3.25. The number of nitro groups is 1. The fourth-order valence-electron chi connectivity index (χ4n) is 2.33. The van der Waals surface area contributed by atoms with Gasteiger partial charge in [0.1, 0.15) is 18.1 Å². The number of likely N-dealkylation sites (N-methyl/N-ethyl adjacent to an activating group) is 1. The van der Waals surface area contributed by atoms with Crippen LogP contribution < -0.4 is 9.47 Å². The van der Waals surface area contributed by atoms with E-state index < -0.39 is 0 Å². The molecule has 0 amide bonds. The summed E-state index contributed by atoms with van der Waals surface area (Å²) in [5.74, 6) is 1.57. The minimum Gasteiger partial charge on any atom is -0.497 e. The molecule has 0 saturated heterocycles. The van der Waals surface area contributed by atoms with E-state index in [-0.39, 0.29) is 16.7 Å². The third kappa shape index (κ3) is 4.70. The number of nitrogens with zero attached hydrogens (tertiary/aromatic N) is 2. The van der Waals surface area contributed by atoms with Crippen molar-refractivity contribution in [3.63, 3.8) is 0 Å². The molecule has 0 aliphatic rings. The van der Waals surface area contributed by atoms with Gasteiger partial charge in [0, 0.05) is 24.7 Å². The van der Waals surface area contributed by atoms with Crippen LogP contribution in [0.1, 0.15) is 18.5 Å². The van der Waals surface area contributed by atoms with E-state index >= 15 is 0 Å². The molecule has 6 heteroatoms. The summed E-state index contributed by atoms with van der Waals surface area (Å²) in [5, 5.41) is 10.9. The second-order valence-corrected chi connectivity index (χ2v) is 5.53. The van der Waals surface area contributed by atoms with Gasteiger partial charge in [-0.1, -0.05) is 12.1 Å². The van der Waals surface area contributed by atoms with Crippen LogP contribution in [0.3, 0.4) is 0 Å². The zero-order valence-electron chi connectivity index (χ0n) is 14.1. The van der Waals surface area contributed by atoms with E-state index in [1.54, 1.807) is 19.2 Å². The number of ether oxygens (including phenoxy) is 2. The maximum absolute atomic E-state index is 10.9. The lowest BCUT2D eigenvalue weighted by atomic mass is 10.1. The zero-order chi connectivity index (χ0) is 17.5. The van der Waals surface area contributed by atoms with Crippen molar-refractivity contribution < 1.29 is 14.4 Å². The van der Waals surface area contributed by atoms with Gasteiger partial charge in [-0.25, -0.2) is 0 Å². The Bertz CT molecular complexity index is 673. The van der Waals surface area contributed by atoms with Gasteiger partial charge in [0.05, 0.1) is 12.0 Å². The molecule has 0 heterocycles. The van der Waals surface area contributed by atoms with Crippen LogP contribution in [0, 0.1) is 10.1 Å². The Hall–Kier alpha value is -2.60. The number of benzene rings is 2. The molecule has 0 bridgehead atoms. The van der Waals surface area contributed by atoms with Gasteiger partial charge in [0.25, 0.3) is 5.69 Å². The van der Waals surface area contributed by atoms with Gasteiger partial charge in [-0.05, 0) is 43.8 Å². The minimum atomic E-state index is -0.372. The highest BCUT2D eigenvalue weighted by molar-refractivity contribution is 5.35. The number of non-ortho nitro benzene ring substituents is 1. The Morgan fingerprint density at radius 2 is 1.83 bits per heavy atom. The quantitative estimate of drug-likeness (QED) is 0.546. The van der Waals surface area contributed by atoms with E-state index in [0.717, 1.165) is 17.1 Å². The number of methoxy groups -OCH3 is 1. The molecule has 0 aromatic heterocycles. The Balaban J connectivity index is 1.88. The fraction of sp³-hybridized carbons (Fsp3) is 0.333. The predicted octanol–water partition coefficient (Wildman–Crippen LogP) is 3.68. The van der Waals surface area contributed by atoms with Crippen LogP contribution in [-0.4, -0.2) is 37.1 Å². The number of nitro benzene ring substituents is 1. The van der Waals surface area contributed by atoms with Crippen LogP contribution in [-0.2, 0) is 0 Å². The van der Waals surface area contributed by atoms with E-state index in [9.17, 15) is 10.1 Å². The molecule has 128 valence electrons. The first-order chi connectivity index (χ1) is 11.5. The third-order valence-corrected chi connectivity index (χ3v) is 4.00. The van der Waals surface area contributed by atoms with Crippen molar-refractivity contribution in [1.82, 2.24) is 4.90 Å². The molecule has 0 aliphatic heterocycles. The first-order valence-corrected chi connectivity index (χ1v) is 7.72. The average Bonchev–Trinajstić information content (AvgIpc) is 2.61. The summed E-state index contributed by atoms with van der Waals surface area (Å²) in [6, 6.07) is 14.2. The Labute approximate surface area is 141 Å². The van der Waals surface area contributed by atoms with Crippen molar-refractivity contribution in [3.8, 4) is 11.5 Å². The number of hydrogen-bond acceptors (Lipinski definition) is 5. The maximum Gasteiger partial charge on any atom is 0.269 e. The standard InChI is InChI=1S/C18H22N2O4/c1-14(15-5-4-6-16(13-15)20(21)22)19(2)11-12-24-18-9-7-17(23-3)8-10-18/h4-10,13-14H,11-12H2,1-3H3. The molecule has 1 unspecified atom stereocenters. The van der Waals surface area contributed by atoms with Crippen LogP contribution in [0.15, 0.2) is 48.5 Å². The highest BCUT2D eigenvalue weighted by atomic mass is 16.6. The van der Waals surface area contributed by atoms with Crippen molar-refractivity contribution >= 4 is 5.69 Å². The van der Waals surface area contributed by atoms with Gasteiger partial charge >= 0.3 is 0 Å². The van der Waals surface area contributed by atoms with Crippen molar-refractivity contribution in [2.75, 3.05) is 27.3 Å². The second kappa shape index (κ2) is 8.31. The zero-order valence-corrected chi connectivity index (χ0v) is 14.1. The van der Waals surface area contributed by atoms with E-state index in [2.05, 4.69) is 4.90 Å². The summed E-state index contributed by atoms with van der Waals surface area (Å²) in [6.07, 6.45) is 0. The van der Waals surface area contributed by atoms with Crippen molar-refractivity contribution in [2.24, 2.45) is 0 Å². The lowest BCUT2D eigenvalue weighted by Gasteiger charge is -2.25. The molecular formula is C18H22N2O4. The van der Waals surface area contributed by atoms with Gasteiger partial charge in [0.2, 0.25) is 0 Å². The fourth-order valence-corrected chi connectivity index (χ4v) is 2.33. The van der Waals surface area contributed by atoms with Gasteiger partial charge in [-0.3, -0.25) is 15.0 Å². The summed E-state index contributed by atoms with van der Waals surface area (Å²) in [5.41, 5.74) is 1.03. The number of hydrogen-bond donors (Lipinski definition) is 0. The number of rotatable bonds is 8. The van der Waals surface area contributed by atoms with E-state index in [1.807, 2.05) is 44.3 Å². The van der Waals surface area contributed by atoms with E-state index in [4.69, 9.17) is 9.47 Å². The lowest BCUT2D eigenvalue weighted by Crippen LogP contribution is -2.27. The SMILES string of the molecule is COc1ccc(OCCN(C)C(C)c2cccc([N+](=O)[O-])c2)cc1. The Morgan fingerprint density at radius 1 is 1.17 bits per heavy atom. The van der Waals surface area contributed by atoms with Crippen LogP contribution in [0.5, 0.6) is 11.5 Å². The molecule has 2 rings (SSSR count). The average molecular weight is 330 g/mol. The monoisotopic (exact) mass is 330 g/mol. The van der Waals surface area contributed by atoms with Gasteiger partial charge in [0.15, 0.2) is 0 Å². The van der Waals surface area contributed by atoms with Crippen LogP contribution in [0.4, 0.5) is 5.69 Å². The highest BCUT2D eigenvalue weighted by Gasteiger charge is 2.14. The third-order valence-electron chi connectivity index (χ3n) is 4.00. The van der Waals surface area contributed by atoms with Gasteiger partial charge in [-0.2, -0.15) is 0 Å². The lowest BCUT2D eigenvalue weighted by molar-refractivity contribution is -0.384. The summed E-state index contributed by atoms with van der Waals surface area (Å²) < 4.78 is 10.8. The van der Waals surface area contributed by atoms with Crippen molar-refractivity contribution in [2.45, 2.75) is 13.0 Å². The van der Waals surface area contributed by atoms with Crippen LogP contribution >= 0.6 is 0 Å². The molecule has 0 aliphatic carbocycles. The molecule has 0 spiro atoms. The second-order valence-electron chi connectivity index (χ2n) is 5.53. The first-order valence-electron chi connectivity index (χ1n) is 7.72. The van der Waals surface area contributed by atoms with E-state index in [0.29, 0.717) is 13.2 Å². The molecule has 2 aromatic carbocycles. The van der Waals surface area contributed by atoms with Crippen molar-refractivity contribution in [1.29, 1.82) is 0 Å².